The van der Waals surface area contributed by atoms with Crippen molar-refractivity contribution >= 4 is 11.7 Å². The average Bonchev–Trinajstić information content (AvgIpc) is 3.03. The van der Waals surface area contributed by atoms with Crippen LogP contribution in [0.15, 0.2) is 65.9 Å². The molecular weight excluding hydrogens is 400 g/mol. The second kappa shape index (κ2) is 10.6. The van der Waals surface area contributed by atoms with Crippen LogP contribution in [0.5, 0.6) is 0 Å². The molecule has 170 valence electrons. The molecule has 1 atom stereocenters. The first-order valence-electron chi connectivity index (χ1n) is 11.4. The van der Waals surface area contributed by atoms with Gasteiger partial charge in [-0.1, -0.05) is 68.4 Å². The molecule has 2 aromatic carbocycles. The highest BCUT2D eigenvalue weighted by Crippen LogP contribution is 2.38. The summed E-state index contributed by atoms with van der Waals surface area (Å²) in [6, 6.07) is 17.3. The molecule has 0 saturated carbocycles. The summed E-state index contributed by atoms with van der Waals surface area (Å²) in [5, 5.41) is 10.7. The monoisotopic (exact) mass is 434 g/mol. The second-order valence-electron chi connectivity index (χ2n) is 9.05. The number of aliphatic hydroxyl groups is 1. The average molecular weight is 435 g/mol. The van der Waals surface area contributed by atoms with Crippen molar-refractivity contribution in [1.29, 1.82) is 0 Å². The largest absolute Gasteiger partial charge is 0.503 e. The molecule has 2 aromatic rings. The van der Waals surface area contributed by atoms with Crippen molar-refractivity contribution < 1.29 is 14.7 Å². The zero-order chi connectivity index (χ0) is 23.3. The summed E-state index contributed by atoms with van der Waals surface area (Å²) in [6.45, 7) is 5.56. The third-order valence-corrected chi connectivity index (χ3v) is 6.01. The molecule has 3 rings (SSSR count). The fourth-order valence-electron chi connectivity index (χ4n) is 4.17. The highest BCUT2D eigenvalue weighted by Gasteiger charge is 2.42. The van der Waals surface area contributed by atoms with Gasteiger partial charge in [-0.3, -0.25) is 9.59 Å². The van der Waals surface area contributed by atoms with E-state index >= 15 is 0 Å². The molecule has 0 aliphatic carbocycles. The van der Waals surface area contributed by atoms with Crippen LogP contribution in [-0.2, 0) is 16.0 Å². The zero-order valence-corrected chi connectivity index (χ0v) is 19.5. The molecule has 5 nitrogen and oxygen atoms in total. The summed E-state index contributed by atoms with van der Waals surface area (Å²) in [4.78, 5) is 30.0. The first-order valence-corrected chi connectivity index (χ1v) is 11.4. The molecule has 0 fully saturated rings. The number of carbonyl (C=O) groups excluding carboxylic acids is 2. The molecule has 0 radical (unpaired) electrons. The smallest absolute Gasteiger partial charge is 0.290 e. The number of ketones is 1. The van der Waals surface area contributed by atoms with Crippen LogP contribution in [0.25, 0.3) is 0 Å². The van der Waals surface area contributed by atoms with E-state index in [9.17, 15) is 14.7 Å². The summed E-state index contributed by atoms with van der Waals surface area (Å²) in [5.41, 5.74) is 3.35. The lowest BCUT2D eigenvalue weighted by atomic mass is 9.91. The molecule has 1 amide bonds. The van der Waals surface area contributed by atoms with Gasteiger partial charge in [0.05, 0.1) is 11.6 Å². The highest BCUT2D eigenvalue weighted by atomic mass is 16.3. The number of hydrogen-bond donors (Lipinski definition) is 1. The lowest BCUT2D eigenvalue weighted by Crippen LogP contribution is -2.33. The van der Waals surface area contributed by atoms with Crippen molar-refractivity contribution in [3.63, 3.8) is 0 Å². The van der Waals surface area contributed by atoms with Gasteiger partial charge in [0.15, 0.2) is 11.5 Å². The van der Waals surface area contributed by atoms with E-state index < -0.39 is 17.7 Å². The van der Waals surface area contributed by atoms with Crippen LogP contribution in [0, 0.1) is 0 Å². The Labute approximate surface area is 191 Å². The van der Waals surface area contributed by atoms with Crippen LogP contribution >= 0.6 is 0 Å². The second-order valence-corrected chi connectivity index (χ2v) is 9.05. The highest BCUT2D eigenvalue weighted by molar-refractivity contribution is 6.09. The van der Waals surface area contributed by atoms with Gasteiger partial charge in [-0.05, 0) is 56.1 Å². The van der Waals surface area contributed by atoms with Gasteiger partial charge >= 0.3 is 0 Å². The molecule has 0 saturated heterocycles. The Morgan fingerprint density at radius 1 is 1.06 bits per heavy atom. The number of benzene rings is 2. The SMILES string of the molecule is CC(C)c1ccc(C2C(C(=O)CCc3ccccc3)=C(O)C(=O)N2CCCN(C)C)cc1. The molecule has 1 unspecified atom stereocenters. The van der Waals surface area contributed by atoms with E-state index in [2.05, 4.69) is 18.7 Å². The summed E-state index contributed by atoms with van der Waals surface area (Å²) in [6.07, 6.45) is 1.59. The number of nitrogens with zero attached hydrogens (tertiary/aromatic N) is 2. The number of aryl methyl sites for hydroxylation is 1. The lowest BCUT2D eigenvalue weighted by molar-refractivity contribution is -0.129. The van der Waals surface area contributed by atoms with Crippen molar-refractivity contribution in [3.8, 4) is 0 Å². The van der Waals surface area contributed by atoms with Gasteiger partial charge in [-0.25, -0.2) is 0 Å². The molecule has 0 spiro atoms. The Kier molecular flexibility index (Phi) is 7.86. The molecule has 0 bridgehead atoms. The summed E-state index contributed by atoms with van der Waals surface area (Å²) in [7, 11) is 3.98. The minimum absolute atomic E-state index is 0.173. The van der Waals surface area contributed by atoms with Gasteiger partial charge in [0.1, 0.15) is 0 Å². The summed E-state index contributed by atoms with van der Waals surface area (Å²) < 4.78 is 0. The van der Waals surface area contributed by atoms with E-state index in [0.29, 0.717) is 18.9 Å². The number of Topliss-reactive ketones (excluding diaryl/α,β-unsaturated/α-hetero) is 1. The van der Waals surface area contributed by atoms with Crippen molar-refractivity contribution in [3.05, 3.63) is 82.6 Å². The minimum Gasteiger partial charge on any atom is -0.503 e. The Hall–Kier alpha value is -2.92. The molecular formula is C27H34N2O3. The third-order valence-electron chi connectivity index (χ3n) is 6.01. The number of hydrogen-bond acceptors (Lipinski definition) is 4. The molecule has 0 aromatic heterocycles. The number of amides is 1. The fraction of sp³-hybridized carbons (Fsp3) is 0.407. The van der Waals surface area contributed by atoms with Crippen molar-refractivity contribution in [2.24, 2.45) is 0 Å². The fourth-order valence-corrected chi connectivity index (χ4v) is 4.17. The Morgan fingerprint density at radius 2 is 1.72 bits per heavy atom. The number of carbonyl (C=O) groups is 2. The van der Waals surface area contributed by atoms with E-state index in [1.54, 1.807) is 4.90 Å². The molecule has 1 N–H and O–H groups in total. The van der Waals surface area contributed by atoms with Crippen LogP contribution in [0.3, 0.4) is 0 Å². The maximum atomic E-state index is 13.3. The van der Waals surface area contributed by atoms with Gasteiger partial charge in [-0.2, -0.15) is 0 Å². The predicted molar refractivity (Wildman–Crippen MR) is 128 cm³/mol. The van der Waals surface area contributed by atoms with Crippen molar-refractivity contribution in [2.75, 3.05) is 27.2 Å². The van der Waals surface area contributed by atoms with Crippen LogP contribution < -0.4 is 0 Å². The van der Waals surface area contributed by atoms with Gasteiger partial charge in [-0.15, -0.1) is 0 Å². The van der Waals surface area contributed by atoms with Crippen LogP contribution in [0.2, 0.25) is 0 Å². The predicted octanol–water partition coefficient (Wildman–Crippen LogP) is 4.66. The van der Waals surface area contributed by atoms with Gasteiger partial charge < -0.3 is 14.9 Å². The Bertz CT molecular complexity index is 962. The van der Waals surface area contributed by atoms with E-state index in [1.807, 2.05) is 68.7 Å². The molecule has 32 heavy (non-hydrogen) atoms. The summed E-state index contributed by atoms with van der Waals surface area (Å²) in [5.74, 6) is -0.635. The van der Waals surface area contributed by atoms with Crippen LogP contribution in [0.1, 0.15) is 55.3 Å². The zero-order valence-electron chi connectivity index (χ0n) is 19.5. The first kappa shape index (κ1) is 23.7. The van der Waals surface area contributed by atoms with E-state index in [0.717, 1.165) is 24.1 Å². The van der Waals surface area contributed by atoms with E-state index in [-0.39, 0.29) is 17.8 Å². The van der Waals surface area contributed by atoms with Crippen LogP contribution in [-0.4, -0.2) is 53.8 Å². The quantitative estimate of drug-likeness (QED) is 0.591. The Balaban J connectivity index is 1.88. The molecule has 1 aliphatic heterocycles. The van der Waals surface area contributed by atoms with Crippen molar-refractivity contribution in [1.82, 2.24) is 9.80 Å². The minimum atomic E-state index is -0.547. The van der Waals surface area contributed by atoms with E-state index in [4.69, 9.17) is 0 Å². The van der Waals surface area contributed by atoms with Gasteiger partial charge in [0, 0.05) is 13.0 Å². The van der Waals surface area contributed by atoms with Gasteiger partial charge in [0.25, 0.3) is 5.91 Å². The standard InChI is InChI=1S/C27H34N2O3/c1-19(2)21-12-14-22(15-13-21)25-24(23(30)16-11-20-9-6-5-7-10-20)26(31)27(32)29(25)18-8-17-28(3)4/h5-7,9-10,12-15,19,25,31H,8,11,16-18H2,1-4H3. The van der Waals surface area contributed by atoms with Crippen LogP contribution in [0.4, 0.5) is 0 Å². The number of rotatable bonds is 10. The molecule has 5 heteroatoms. The summed E-state index contributed by atoms with van der Waals surface area (Å²) >= 11 is 0. The molecule has 1 aliphatic rings. The number of aliphatic hydroxyl groups excluding tert-OH is 1. The lowest BCUT2D eigenvalue weighted by Gasteiger charge is -2.27. The Morgan fingerprint density at radius 3 is 2.31 bits per heavy atom. The maximum absolute atomic E-state index is 13.3. The van der Waals surface area contributed by atoms with E-state index in [1.165, 1.54) is 5.56 Å². The molecule has 1 heterocycles. The van der Waals surface area contributed by atoms with Gasteiger partial charge in [0.2, 0.25) is 0 Å². The normalized spacial score (nSPS) is 16.5. The topological polar surface area (TPSA) is 60.9 Å². The maximum Gasteiger partial charge on any atom is 0.290 e. The van der Waals surface area contributed by atoms with Crippen molar-refractivity contribution in [2.45, 2.75) is 45.1 Å². The third kappa shape index (κ3) is 5.46. The first-order chi connectivity index (χ1) is 15.3.